The first-order valence-corrected chi connectivity index (χ1v) is 22.6. The predicted octanol–water partition coefficient (Wildman–Crippen LogP) is 12.4. The van der Waals surface area contributed by atoms with Crippen molar-refractivity contribution in [3.05, 3.63) is 48.6 Å². The number of phosphoric acid groups is 1. The van der Waals surface area contributed by atoms with E-state index in [-0.39, 0.29) is 32.3 Å². The van der Waals surface area contributed by atoms with Gasteiger partial charge in [0.1, 0.15) is 6.10 Å². The Morgan fingerprint density at radius 2 is 1.08 bits per heavy atom. The Morgan fingerprint density at radius 1 is 0.596 bits per heavy atom. The fraction of sp³-hybridized carbons (Fsp3) is 0.791. The number of nitrogens with two attached hydrogens (primary N) is 1. The number of carbonyl (C=O) groups excluding carboxylic acids is 1. The van der Waals surface area contributed by atoms with Gasteiger partial charge in [-0.15, -0.1) is 0 Å². The molecule has 0 radical (unpaired) electrons. The standard InChI is InChI=1S/C43H80NO7P/c1-3-5-7-9-11-13-15-16-17-18-19-20-21-22-23-24-25-27-29-31-33-35-38-48-40-42(41-50-52(46,47)49-39-37-44)51-43(45)36-34-32-30-28-26-14-12-10-8-6-4-2/h5,7,11,13,16-17,19-20,42H,3-4,6,8-10,12,14-15,18,21-41,44H2,1-2H3,(H,46,47)/b7-5-,13-11-,17-16-,20-19-. The van der Waals surface area contributed by atoms with E-state index in [2.05, 4.69) is 62.5 Å². The summed E-state index contributed by atoms with van der Waals surface area (Å²) in [5, 5.41) is 0. The number of ether oxygens (including phenoxy) is 2. The van der Waals surface area contributed by atoms with Crippen LogP contribution in [0, 0.1) is 0 Å². The first-order chi connectivity index (χ1) is 25.4. The summed E-state index contributed by atoms with van der Waals surface area (Å²) in [4.78, 5) is 22.4. The Hall–Kier alpha value is -1.54. The molecule has 0 fully saturated rings. The van der Waals surface area contributed by atoms with Gasteiger partial charge < -0.3 is 20.1 Å². The number of phosphoric ester groups is 1. The quantitative estimate of drug-likeness (QED) is 0.0275. The lowest BCUT2D eigenvalue weighted by Gasteiger charge is -2.20. The summed E-state index contributed by atoms with van der Waals surface area (Å²) < 4.78 is 33.4. The van der Waals surface area contributed by atoms with Gasteiger partial charge in [0, 0.05) is 19.6 Å². The molecule has 9 heteroatoms. The van der Waals surface area contributed by atoms with Gasteiger partial charge in [0.2, 0.25) is 0 Å². The monoisotopic (exact) mass is 754 g/mol. The molecule has 2 atom stereocenters. The van der Waals surface area contributed by atoms with Gasteiger partial charge >= 0.3 is 13.8 Å². The van der Waals surface area contributed by atoms with E-state index in [4.69, 9.17) is 24.3 Å². The third-order valence-electron chi connectivity index (χ3n) is 8.76. The van der Waals surface area contributed by atoms with Crippen molar-refractivity contribution in [1.29, 1.82) is 0 Å². The highest BCUT2D eigenvalue weighted by molar-refractivity contribution is 7.47. The van der Waals surface area contributed by atoms with E-state index in [1.165, 1.54) is 103 Å². The molecule has 52 heavy (non-hydrogen) atoms. The molecule has 0 spiro atoms. The van der Waals surface area contributed by atoms with E-state index in [0.29, 0.717) is 13.0 Å². The minimum absolute atomic E-state index is 0.0970. The minimum atomic E-state index is -4.27. The largest absolute Gasteiger partial charge is 0.472 e. The molecule has 0 saturated heterocycles. The third-order valence-corrected chi connectivity index (χ3v) is 9.74. The van der Waals surface area contributed by atoms with Gasteiger partial charge in [-0.3, -0.25) is 13.8 Å². The topological polar surface area (TPSA) is 117 Å². The summed E-state index contributed by atoms with van der Waals surface area (Å²) >= 11 is 0. The Kier molecular flexibility index (Phi) is 39.4. The molecule has 0 rings (SSSR count). The molecule has 0 heterocycles. The lowest BCUT2D eigenvalue weighted by Crippen LogP contribution is -2.28. The van der Waals surface area contributed by atoms with Gasteiger partial charge in [0.15, 0.2) is 0 Å². The maximum absolute atomic E-state index is 12.5. The van der Waals surface area contributed by atoms with Gasteiger partial charge in [-0.2, -0.15) is 0 Å². The lowest BCUT2D eigenvalue weighted by molar-refractivity contribution is -0.154. The summed E-state index contributed by atoms with van der Waals surface area (Å²) in [6.45, 7) is 4.79. The second-order valence-corrected chi connectivity index (χ2v) is 15.3. The van der Waals surface area contributed by atoms with Gasteiger partial charge in [0.25, 0.3) is 0 Å². The van der Waals surface area contributed by atoms with Crippen LogP contribution in [-0.4, -0.2) is 49.9 Å². The predicted molar refractivity (Wildman–Crippen MR) is 219 cm³/mol. The molecule has 0 aliphatic carbocycles. The Bertz CT molecular complexity index is 936. The molecule has 0 aromatic carbocycles. The molecule has 3 N–H and O–H groups in total. The van der Waals surface area contributed by atoms with Crippen LogP contribution in [0.15, 0.2) is 48.6 Å². The molecule has 0 saturated carbocycles. The highest BCUT2D eigenvalue weighted by Crippen LogP contribution is 2.43. The summed E-state index contributed by atoms with van der Waals surface area (Å²) in [5.41, 5.74) is 5.36. The van der Waals surface area contributed by atoms with E-state index in [0.717, 1.165) is 57.8 Å². The van der Waals surface area contributed by atoms with Crippen molar-refractivity contribution < 1.29 is 32.8 Å². The summed E-state index contributed by atoms with van der Waals surface area (Å²) in [5.74, 6) is -0.335. The van der Waals surface area contributed by atoms with Crippen molar-refractivity contribution >= 4 is 13.8 Å². The number of esters is 1. The minimum Gasteiger partial charge on any atom is -0.457 e. The number of hydrogen-bond donors (Lipinski definition) is 2. The van der Waals surface area contributed by atoms with E-state index >= 15 is 0 Å². The Labute approximate surface area is 320 Å². The van der Waals surface area contributed by atoms with Crippen LogP contribution in [-0.2, 0) is 27.9 Å². The number of allylic oxidation sites excluding steroid dienone is 8. The van der Waals surface area contributed by atoms with Crippen LogP contribution < -0.4 is 5.73 Å². The van der Waals surface area contributed by atoms with Crippen LogP contribution in [0.2, 0.25) is 0 Å². The Balaban J connectivity index is 3.98. The van der Waals surface area contributed by atoms with Crippen molar-refractivity contribution in [3.8, 4) is 0 Å². The summed E-state index contributed by atoms with van der Waals surface area (Å²) in [6.07, 6.45) is 47.0. The lowest BCUT2D eigenvalue weighted by atomic mass is 10.1. The second kappa shape index (κ2) is 40.6. The van der Waals surface area contributed by atoms with Crippen LogP contribution in [0.25, 0.3) is 0 Å². The van der Waals surface area contributed by atoms with Crippen LogP contribution in [0.4, 0.5) is 0 Å². The first kappa shape index (κ1) is 50.5. The molecular formula is C43H80NO7P. The number of unbranched alkanes of at least 4 members (excludes halogenated alkanes) is 19. The molecule has 0 aliphatic rings. The van der Waals surface area contributed by atoms with Gasteiger partial charge in [0.05, 0.1) is 19.8 Å². The molecular weight excluding hydrogens is 673 g/mol. The third kappa shape index (κ3) is 39.7. The summed E-state index contributed by atoms with van der Waals surface area (Å²) in [7, 11) is -4.27. The fourth-order valence-electron chi connectivity index (χ4n) is 5.69. The SMILES string of the molecule is CC/C=C\C/C=C\C/C=C\C/C=C\CCCCCCCCCCCOCC(COP(=O)(O)OCCN)OC(=O)CCCCCCCCCCCCC. The van der Waals surface area contributed by atoms with Crippen LogP contribution in [0.1, 0.15) is 181 Å². The molecule has 0 aromatic heterocycles. The van der Waals surface area contributed by atoms with Crippen LogP contribution >= 0.6 is 7.82 Å². The van der Waals surface area contributed by atoms with Crippen molar-refractivity contribution in [2.45, 2.75) is 187 Å². The molecule has 8 nitrogen and oxygen atoms in total. The molecule has 0 bridgehead atoms. The number of rotatable bonds is 40. The zero-order valence-corrected chi connectivity index (χ0v) is 34.4. The molecule has 0 aliphatic heterocycles. The summed E-state index contributed by atoms with van der Waals surface area (Å²) in [6, 6.07) is 0. The van der Waals surface area contributed by atoms with E-state index in [1.807, 2.05) is 0 Å². The number of hydrogen-bond acceptors (Lipinski definition) is 7. The fourth-order valence-corrected chi connectivity index (χ4v) is 6.46. The highest BCUT2D eigenvalue weighted by Gasteiger charge is 2.25. The molecule has 2 unspecified atom stereocenters. The Morgan fingerprint density at radius 3 is 1.62 bits per heavy atom. The van der Waals surface area contributed by atoms with Crippen molar-refractivity contribution in [2.75, 3.05) is 33.0 Å². The van der Waals surface area contributed by atoms with E-state index < -0.39 is 13.9 Å². The van der Waals surface area contributed by atoms with Crippen LogP contribution in [0.3, 0.4) is 0 Å². The van der Waals surface area contributed by atoms with Crippen molar-refractivity contribution in [3.63, 3.8) is 0 Å². The van der Waals surface area contributed by atoms with Gasteiger partial charge in [-0.05, 0) is 51.4 Å². The maximum Gasteiger partial charge on any atom is 0.472 e. The zero-order chi connectivity index (χ0) is 38.1. The highest BCUT2D eigenvalue weighted by atomic mass is 31.2. The van der Waals surface area contributed by atoms with Crippen molar-refractivity contribution in [1.82, 2.24) is 0 Å². The molecule has 304 valence electrons. The van der Waals surface area contributed by atoms with Crippen LogP contribution in [0.5, 0.6) is 0 Å². The average Bonchev–Trinajstić information content (AvgIpc) is 3.13. The van der Waals surface area contributed by atoms with Crippen molar-refractivity contribution in [2.24, 2.45) is 5.73 Å². The second-order valence-electron chi connectivity index (χ2n) is 13.8. The smallest absolute Gasteiger partial charge is 0.457 e. The normalized spacial score (nSPS) is 14.0. The maximum atomic E-state index is 12.5. The van der Waals surface area contributed by atoms with E-state index in [1.54, 1.807) is 0 Å². The first-order valence-electron chi connectivity index (χ1n) is 21.1. The number of carbonyl (C=O) groups is 1. The van der Waals surface area contributed by atoms with E-state index in [9.17, 15) is 14.3 Å². The molecule has 0 amide bonds. The molecule has 0 aromatic rings. The van der Waals surface area contributed by atoms with Gasteiger partial charge in [-0.1, -0.05) is 172 Å². The van der Waals surface area contributed by atoms with Gasteiger partial charge in [-0.25, -0.2) is 4.57 Å². The average molecular weight is 754 g/mol. The zero-order valence-electron chi connectivity index (χ0n) is 33.5.